The van der Waals surface area contributed by atoms with Crippen LogP contribution in [0.1, 0.15) is 18.4 Å². The molecule has 0 amide bonds. The Morgan fingerprint density at radius 3 is 2.89 bits per heavy atom. The second-order valence-electron chi connectivity index (χ2n) is 4.44. The van der Waals surface area contributed by atoms with Crippen LogP contribution in [0.2, 0.25) is 0 Å². The van der Waals surface area contributed by atoms with Crippen molar-refractivity contribution in [1.29, 1.82) is 0 Å². The van der Waals surface area contributed by atoms with E-state index in [0.29, 0.717) is 6.54 Å². The second-order valence-corrected chi connectivity index (χ2v) is 4.44. The van der Waals surface area contributed by atoms with Crippen molar-refractivity contribution >= 4 is 0 Å². The number of rotatable bonds is 5. The Morgan fingerprint density at radius 1 is 1.39 bits per heavy atom. The second kappa shape index (κ2) is 6.11. The van der Waals surface area contributed by atoms with Crippen LogP contribution in [0.3, 0.4) is 0 Å². The molecule has 0 radical (unpaired) electrons. The molecule has 0 unspecified atom stereocenters. The van der Waals surface area contributed by atoms with E-state index in [1.807, 2.05) is 0 Å². The van der Waals surface area contributed by atoms with Crippen molar-refractivity contribution in [3.63, 3.8) is 0 Å². The highest BCUT2D eigenvalue weighted by atomic mass is 19.3. The molecule has 0 bridgehead atoms. The van der Waals surface area contributed by atoms with Crippen molar-refractivity contribution in [3.05, 3.63) is 29.8 Å². The quantitative estimate of drug-likeness (QED) is 0.878. The molecule has 1 saturated heterocycles. The third-order valence-corrected chi connectivity index (χ3v) is 3.27. The van der Waals surface area contributed by atoms with Crippen LogP contribution in [0.25, 0.3) is 0 Å². The highest BCUT2D eigenvalue weighted by Crippen LogP contribution is 2.25. The number of hydrogen-bond donors (Lipinski definition) is 1. The van der Waals surface area contributed by atoms with E-state index in [-0.39, 0.29) is 18.4 Å². The molecule has 1 aliphatic rings. The zero-order valence-electron chi connectivity index (χ0n) is 10.1. The summed E-state index contributed by atoms with van der Waals surface area (Å²) in [5, 5.41) is 9.24. The summed E-state index contributed by atoms with van der Waals surface area (Å²) in [6.45, 7) is -1.28. The van der Waals surface area contributed by atoms with Crippen molar-refractivity contribution in [2.24, 2.45) is 0 Å². The first-order valence-electron chi connectivity index (χ1n) is 6.08. The fraction of sp³-hybridized carbons (Fsp3) is 0.538. The van der Waals surface area contributed by atoms with Crippen LogP contribution >= 0.6 is 0 Å². The largest absolute Gasteiger partial charge is 0.434 e. The van der Waals surface area contributed by atoms with Crippen LogP contribution in [-0.4, -0.2) is 35.8 Å². The van der Waals surface area contributed by atoms with Crippen LogP contribution in [0.4, 0.5) is 8.78 Å². The third-order valence-electron chi connectivity index (χ3n) is 3.27. The van der Waals surface area contributed by atoms with Crippen LogP contribution < -0.4 is 4.74 Å². The summed E-state index contributed by atoms with van der Waals surface area (Å²) in [5.74, 6) is 0.219. The zero-order chi connectivity index (χ0) is 13.0. The standard InChI is InChI=1S/C13H17F2NO2/c14-13(15)18-12-6-2-1-4-10(12)8-16-7-3-5-11(16)9-17/h1-2,4,6,11,13,17H,3,5,7-9H2/t11-/m1/s1. The van der Waals surface area contributed by atoms with Crippen LogP contribution in [0.5, 0.6) is 5.75 Å². The number of aliphatic hydroxyl groups is 1. The van der Waals surface area contributed by atoms with E-state index in [2.05, 4.69) is 9.64 Å². The molecule has 2 rings (SSSR count). The van der Waals surface area contributed by atoms with Gasteiger partial charge in [-0.3, -0.25) is 4.90 Å². The highest BCUT2D eigenvalue weighted by molar-refractivity contribution is 5.33. The molecule has 1 aromatic carbocycles. The molecule has 100 valence electrons. The number of para-hydroxylation sites is 1. The average Bonchev–Trinajstić information content (AvgIpc) is 2.78. The number of benzene rings is 1. The molecule has 1 fully saturated rings. The number of hydrogen-bond acceptors (Lipinski definition) is 3. The lowest BCUT2D eigenvalue weighted by atomic mass is 10.1. The van der Waals surface area contributed by atoms with Gasteiger partial charge in [0, 0.05) is 18.2 Å². The number of nitrogens with zero attached hydrogens (tertiary/aromatic N) is 1. The summed E-state index contributed by atoms with van der Waals surface area (Å²) in [5.41, 5.74) is 0.734. The Balaban J connectivity index is 2.08. The fourth-order valence-corrected chi connectivity index (χ4v) is 2.37. The maximum atomic E-state index is 12.3. The minimum atomic E-state index is -2.81. The zero-order valence-corrected chi connectivity index (χ0v) is 10.1. The lowest BCUT2D eigenvalue weighted by Crippen LogP contribution is -2.31. The maximum Gasteiger partial charge on any atom is 0.387 e. The van der Waals surface area contributed by atoms with Gasteiger partial charge in [0.15, 0.2) is 0 Å². The van der Waals surface area contributed by atoms with Gasteiger partial charge in [0.2, 0.25) is 0 Å². The van der Waals surface area contributed by atoms with Gasteiger partial charge in [-0.25, -0.2) is 0 Å². The Kier molecular flexibility index (Phi) is 4.49. The van der Waals surface area contributed by atoms with Crippen molar-refractivity contribution in [1.82, 2.24) is 4.90 Å². The number of halogens is 2. The Morgan fingerprint density at radius 2 is 2.17 bits per heavy atom. The van der Waals surface area contributed by atoms with E-state index in [1.165, 1.54) is 0 Å². The number of ether oxygens (including phenoxy) is 1. The Labute approximate surface area is 105 Å². The molecule has 18 heavy (non-hydrogen) atoms. The minimum Gasteiger partial charge on any atom is -0.434 e. The first-order chi connectivity index (χ1) is 8.70. The van der Waals surface area contributed by atoms with Crippen LogP contribution in [0.15, 0.2) is 24.3 Å². The first kappa shape index (κ1) is 13.2. The van der Waals surface area contributed by atoms with E-state index < -0.39 is 6.61 Å². The molecular formula is C13H17F2NO2. The van der Waals surface area contributed by atoms with Crippen LogP contribution in [-0.2, 0) is 6.54 Å². The molecule has 5 heteroatoms. The highest BCUT2D eigenvalue weighted by Gasteiger charge is 2.24. The summed E-state index contributed by atoms with van der Waals surface area (Å²) in [7, 11) is 0. The molecular weight excluding hydrogens is 240 g/mol. The molecule has 1 heterocycles. The van der Waals surface area contributed by atoms with Gasteiger partial charge in [-0.05, 0) is 25.5 Å². The summed E-state index contributed by atoms with van der Waals surface area (Å²) in [6, 6.07) is 6.94. The van der Waals surface area contributed by atoms with Gasteiger partial charge in [-0.1, -0.05) is 18.2 Å². The number of alkyl halides is 2. The lowest BCUT2D eigenvalue weighted by Gasteiger charge is -2.23. The third kappa shape index (κ3) is 3.17. The van der Waals surface area contributed by atoms with E-state index >= 15 is 0 Å². The van der Waals surface area contributed by atoms with Gasteiger partial charge in [0.25, 0.3) is 0 Å². The number of aliphatic hydroxyl groups excluding tert-OH is 1. The molecule has 0 aromatic heterocycles. The van der Waals surface area contributed by atoms with Crippen molar-refractivity contribution in [2.45, 2.75) is 32.0 Å². The van der Waals surface area contributed by atoms with Gasteiger partial charge in [-0.2, -0.15) is 8.78 Å². The van der Waals surface area contributed by atoms with E-state index in [4.69, 9.17) is 0 Å². The lowest BCUT2D eigenvalue weighted by molar-refractivity contribution is -0.0508. The van der Waals surface area contributed by atoms with Gasteiger partial charge in [-0.15, -0.1) is 0 Å². The van der Waals surface area contributed by atoms with E-state index in [1.54, 1.807) is 24.3 Å². The Bertz CT molecular complexity index is 387. The Hall–Kier alpha value is -1.20. The summed E-state index contributed by atoms with van der Waals surface area (Å²) < 4.78 is 29.1. The maximum absolute atomic E-state index is 12.3. The predicted molar refractivity (Wildman–Crippen MR) is 63.6 cm³/mol. The molecule has 0 spiro atoms. The fourth-order valence-electron chi connectivity index (χ4n) is 2.37. The monoisotopic (exact) mass is 257 g/mol. The van der Waals surface area contributed by atoms with Gasteiger partial charge < -0.3 is 9.84 Å². The van der Waals surface area contributed by atoms with Gasteiger partial charge >= 0.3 is 6.61 Å². The van der Waals surface area contributed by atoms with Gasteiger partial charge in [0.05, 0.1) is 6.61 Å². The molecule has 0 aliphatic carbocycles. The summed E-state index contributed by atoms with van der Waals surface area (Å²) in [6.07, 6.45) is 1.98. The molecule has 1 aliphatic heterocycles. The smallest absolute Gasteiger partial charge is 0.387 e. The van der Waals surface area contributed by atoms with Gasteiger partial charge in [0.1, 0.15) is 5.75 Å². The molecule has 3 nitrogen and oxygen atoms in total. The molecule has 1 atom stereocenters. The first-order valence-corrected chi connectivity index (χ1v) is 6.08. The topological polar surface area (TPSA) is 32.7 Å². The van der Waals surface area contributed by atoms with Crippen molar-refractivity contribution in [3.8, 4) is 5.75 Å². The SMILES string of the molecule is OC[C@H]1CCCN1Cc1ccccc1OC(F)F. The molecule has 1 aromatic rings. The normalized spacial score (nSPS) is 20.6. The number of likely N-dealkylation sites (tertiary alicyclic amines) is 1. The summed E-state index contributed by atoms with van der Waals surface area (Å²) in [4.78, 5) is 2.10. The van der Waals surface area contributed by atoms with E-state index in [0.717, 1.165) is 24.9 Å². The van der Waals surface area contributed by atoms with E-state index in [9.17, 15) is 13.9 Å². The molecule has 1 N–H and O–H groups in total. The van der Waals surface area contributed by atoms with Crippen LogP contribution in [0, 0.1) is 0 Å². The minimum absolute atomic E-state index is 0.109. The summed E-state index contributed by atoms with van der Waals surface area (Å²) >= 11 is 0. The molecule has 0 saturated carbocycles. The predicted octanol–water partition coefficient (Wildman–Crippen LogP) is 2.24. The van der Waals surface area contributed by atoms with Crippen molar-refractivity contribution in [2.75, 3.05) is 13.2 Å². The average molecular weight is 257 g/mol. The van der Waals surface area contributed by atoms with Crippen molar-refractivity contribution < 1.29 is 18.6 Å².